The fraction of sp³-hybridized carbons (Fsp3) is 0.706. The molecule has 0 spiro atoms. The molecule has 134 valence electrons. The zero-order chi connectivity index (χ0) is 17.1. The molecule has 2 aliphatic heterocycles. The maximum atomic E-state index is 12.5. The van der Waals surface area contributed by atoms with E-state index < -0.39 is 0 Å². The van der Waals surface area contributed by atoms with Gasteiger partial charge >= 0.3 is 0 Å². The second-order valence-corrected chi connectivity index (χ2v) is 9.36. The van der Waals surface area contributed by atoms with E-state index in [1.54, 1.807) is 11.3 Å². The van der Waals surface area contributed by atoms with Gasteiger partial charge < -0.3 is 9.64 Å². The van der Waals surface area contributed by atoms with Gasteiger partial charge in [-0.25, -0.2) is 0 Å². The first kappa shape index (κ1) is 18.3. The largest absolute Gasteiger partial charge is 0.372 e. The molecule has 2 unspecified atom stereocenters. The van der Waals surface area contributed by atoms with Gasteiger partial charge in [0.25, 0.3) is 0 Å². The Morgan fingerprint density at radius 2 is 1.79 bits per heavy atom. The highest BCUT2D eigenvalue weighted by Gasteiger charge is 2.27. The zero-order valence-electron chi connectivity index (χ0n) is 14.4. The molecule has 1 aromatic heterocycles. The predicted molar refractivity (Wildman–Crippen MR) is 100 cm³/mol. The van der Waals surface area contributed by atoms with Gasteiger partial charge in [-0.05, 0) is 41.9 Å². The maximum absolute atomic E-state index is 12.5. The molecule has 2 atom stereocenters. The number of amides is 1. The minimum atomic E-state index is 0.139. The predicted octanol–water partition coefficient (Wildman–Crippen LogP) is 2.26. The fourth-order valence-corrected chi connectivity index (χ4v) is 4.96. The van der Waals surface area contributed by atoms with E-state index in [4.69, 9.17) is 4.74 Å². The number of morpholine rings is 1. The summed E-state index contributed by atoms with van der Waals surface area (Å²) in [5.74, 6) is 0.243. The number of carbonyl (C=O) groups excluding carboxylic acids is 1. The summed E-state index contributed by atoms with van der Waals surface area (Å²) in [6.07, 6.45) is 0.277. The maximum Gasteiger partial charge on any atom is 0.236 e. The van der Waals surface area contributed by atoms with Crippen LogP contribution in [0.2, 0.25) is 0 Å². The second-order valence-electron chi connectivity index (χ2n) is 6.81. The Balaban J connectivity index is 1.42. The molecule has 0 bridgehead atoms. The van der Waals surface area contributed by atoms with Crippen molar-refractivity contribution in [2.24, 2.45) is 0 Å². The van der Waals surface area contributed by atoms with Crippen LogP contribution in [0.3, 0.4) is 0 Å². The molecular weight excluding hydrogens is 390 g/mol. The van der Waals surface area contributed by atoms with Crippen LogP contribution >= 0.6 is 27.3 Å². The normalized spacial score (nSPS) is 26.7. The molecular formula is C17H26BrN3O2S. The molecule has 1 aromatic rings. The van der Waals surface area contributed by atoms with Crippen molar-refractivity contribution in [1.29, 1.82) is 0 Å². The van der Waals surface area contributed by atoms with Crippen molar-refractivity contribution in [2.75, 3.05) is 45.8 Å². The summed E-state index contributed by atoms with van der Waals surface area (Å²) >= 11 is 5.32. The van der Waals surface area contributed by atoms with E-state index >= 15 is 0 Å². The number of ether oxygens (including phenoxy) is 1. The summed E-state index contributed by atoms with van der Waals surface area (Å²) < 4.78 is 6.90. The molecule has 24 heavy (non-hydrogen) atoms. The minimum Gasteiger partial charge on any atom is -0.372 e. The third-order valence-electron chi connectivity index (χ3n) is 4.60. The SMILES string of the molecule is CC1CN(C(=O)CN2CCN(Cc3ccc(Br)s3)CC2)CC(C)O1. The summed E-state index contributed by atoms with van der Waals surface area (Å²) in [4.78, 5) is 20.7. The Hall–Kier alpha value is -0.470. The van der Waals surface area contributed by atoms with Crippen LogP contribution in [-0.4, -0.2) is 78.6 Å². The summed E-state index contributed by atoms with van der Waals surface area (Å²) in [6, 6.07) is 4.30. The van der Waals surface area contributed by atoms with Crippen LogP contribution in [0.1, 0.15) is 18.7 Å². The Kier molecular flexibility index (Phi) is 6.32. The van der Waals surface area contributed by atoms with Gasteiger partial charge in [-0.1, -0.05) is 0 Å². The van der Waals surface area contributed by atoms with Crippen LogP contribution in [0, 0.1) is 0 Å². The summed E-state index contributed by atoms with van der Waals surface area (Å²) in [6.45, 7) is 11.1. The quantitative estimate of drug-likeness (QED) is 0.755. The minimum absolute atomic E-state index is 0.139. The van der Waals surface area contributed by atoms with Crippen molar-refractivity contribution in [1.82, 2.24) is 14.7 Å². The molecule has 0 radical (unpaired) electrons. The zero-order valence-corrected chi connectivity index (χ0v) is 16.8. The number of carbonyl (C=O) groups is 1. The van der Waals surface area contributed by atoms with Crippen LogP contribution in [0.25, 0.3) is 0 Å². The summed E-state index contributed by atoms with van der Waals surface area (Å²) in [7, 11) is 0. The van der Waals surface area contributed by atoms with Gasteiger partial charge in [0.15, 0.2) is 0 Å². The molecule has 2 fully saturated rings. The summed E-state index contributed by atoms with van der Waals surface area (Å²) in [5.41, 5.74) is 0. The standard InChI is InChI=1S/C17H26BrN3O2S/c1-13-9-21(10-14(2)23-13)17(22)12-20-7-5-19(6-8-20)11-15-3-4-16(18)24-15/h3-4,13-14H,5-12H2,1-2H3. The average Bonchev–Trinajstić information content (AvgIpc) is 2.93. The molecule has 0 N–H and O–H groups in total. The van der Waals surface area contributed by atoms with E-state index in [1.165, 1.54) is 8.66 Å². The molecule has 3 heterocycles. The van der Waals surface area contributed by atoms with Crippen LogP contribution in [-0.2, 0) is 16.1 Å². The lowest BCUT2D eigenvalue weighted by atomic mass is 10.2. The Bertz CT molecular complexity index is 550. The molecule has 2 aliphatic rings. The van der Waals surface area contributed by atoms with Gasteiger partial charge in [0.1, 0.15) is 0 Å². The number of nitrogens with zero attached hydrogens (tertiary/aromatic N) is 3. The third kappa shape index (κ3) is 5.02. The number of hydrogen-bond acceptors (Lipinski definition) is 5. The fourth-order valence-electron chi connectivity index (χ4n) is 3.44. The first-order valence-electron chi connectivity index (χ1n) is 8.62. The van der Waals surface area contributed by atoms with Gasteiger partial charge in [-0.3, -0.25) is 14.6 Å². The van der Waals surface area contributed by atoms with Gasteiger partial charge in [0.2, 0.25) is 5.91 Å². The van der Waals surface area contributed by atoms with Crippen LogP contribution in [0.5, 0.6) is 0 Å². The van der Waals surface area contributed by atoms with Gasteiger partial charge in [-0.15, -0.1) is 11.3 Å². The van der Waals surface area contributed by atoms with Crippen molar-refractivity contribution in [3.05, 3.63) is 20.8 Å². The number of rotatable bonds is 4. The highest BCUT2D eigenvalue weighted by molar-refractivity contribution is 9.11. The number of hydrogen-bond donors (Lipinski definition) is 0. The van der Waals surface area contributed by atoms with Crippen molar-refractivity contribution in [3.63, 3.8) is 0 Å². The molecule has 7 heteroatoms. The van der Waals surface area contributed by atoms with Gasteiger partial charge in [0, 0.05) is 50.7 Å². The van der Waals surface area contributed by atoms with Crippen molar-refractivity contribution in [3.8, 4) is 0 Å². The number of thiophene rings is 1. The number of piperazine rings is 1. The highest BCUT2D eigenvalue weighted by atomic mass is 79.9. The smallest absolute Gasteiger partial charge is 0.236 e. The van der Waals surface area contributed by atoms with Gasteiger partial charge in [0.05, 0.1) is 22.5 Å². The monoisotopic (exact) mass is 415 g/mol. The third-order valence-corrected chi connectivity index (χ3v) is 6.21. The second kappa shape index (κ2) is 8.27. The van der Waals surface area contributed by atoms with E-state index in [-0.39, 0.29) is 18.1 Å². The van der Waals surface area contributed by atoms with Crippen molar-refractivity contribution >= 4 is 33.2 Å². The van der Waals surface area contributed by atoms with Crippen LogP contribution < -0.4 is 0 Å². The molecule has 0 aliphatic carbocycles. The van der Waals surface area contributed by atoms with E-state index in [1.807, 2.05) is 18.7 Å². The Morgan fingerprint density at radius 3 is 2.38 bits per heavy atom. The lowest BCUT2D eigenvalue weighted by Crippen LogP contribution is -2.53. The Morgan fingerprint density at radius 1 is 1.17 bits per heavy atom. The molecule has 0 saturated carbocycles. The highest BCUT2D eigenvalue weighted by Crippen LogP contribution is 2.23. The average molecular weight is 416 g/mol. The van der Waals surface area contributed by atoms with E-state index in [9.17, 15) is 4.79 Å². The lowest BCUT2D eigenvalue weighted by molar-refractivity contribution is -0.144. The first-order valence-corrected chi connectivity index (χ1v) is 10.2. The molecule has 5 nitrogen and oxygen atoms in total. The lowest BCUT2D eigenvalue weighted by Gasteiger charge is -2.38. The van der Waals surface area contributed by atoms with E-state index in [0.717, 1.165) is 45.8 Å². The first-order chi connectivity index (χ1) is 11.5. The molecule has 1 amide bonds. The molecule has 0 aromatic carbocycles. The molecule has 2 saturated heterocycles. The van der Waals surface area contributed by atoms with Crippen LogP contribution in [0.4, 0.5) is 0 Å². The van der Waals surface area contributed by atoms with Crippen LogP contribution in [0.15, 0.2) is 15.9 Å². The van der Waals surface area contributed by atoms with E-state index in [0.29, 0.717) is 6.54 Å². The summed E-state index contributed by atoms with van der Waals surface area (Å²) in [5, 5.41) is 0. The van der Waals surface area contributed by atoms with Crippen molar-refractivity contribution < 1.29 is 9.53 Å². The number of halogens is 1. The van der Waals surface area contributed by atoms with Crippen molar-refractivity contribution in [2.45, 2.75) is 32.6 Å². The topological polar surface area (TPSA) is 36.0 Å². The van der Waals surface area contributed by atoms with E-state index in [2.05, 4.69) is 37.9 Å². The Labute approximate surface area is 156 Å². The molecule has 3 rings (SSSR count). The van der Waals surface area contributed by atoms with Gasteiger partial charge in [-0.2, -0.15) is 0 Å².